The lowest BCUT2D eigenvalue weighted by atomic mass is 9.69. The van der Waals surface area contributed by atoms with Crippen molar-refractivity contribution in [3.8, 4) is 5.75 Å². The lowest BCUT2D eigenvalue weighted by Gasteiger charge is -2.45. The zero-order valence-corrected chi connectivity index (χ0v) is 22.7. The number of piperidine rings is 2. The molecule has 0 bridgehead atoms. The average molecular weight is 540 g/mol. The first-order chi connectivity index (χ1) is 18.8. The maximum absolute atomic E-state index is 14.8. The van der Waals surface area contributed by atoms with Crippen LogP contribution in [-0.4, -0.2) is 71.8 Å². The van der Waals surface area contributed by atoms with Crippen LogP contribution in [0.2, 0.25) is 0 Å². The van der Waals surface area contributed by atoms with Crippen molar-refractivity contribution in [2.45, 2.75) is 45.4 Å². The van der Waals surface area contributed by atoms with Crippen LogP contribution in [0.25, 0.3) is 0 Å². The molecule has 2 amide bonds. The minimum Gasteiger partial charge on any atom is -0.508 e. The molecule has 4 rings (SSSR count). The van der Waals surface area contributed by atoms with Gasteiger partial charge < -0.3 is 14.9 Å². The van der Waals surface area contributed by atoms with Crippen LogP contribution in [0.4, 0.5) is 4.39 Å². The molecule has 2 aliphatic rings. The molecule has 39 heavy (non-hydrogen) atoms. The number of nitrogens with one attached hydrogen (secondary N) is 1. The summed E-state index contributed by atoms with van der Waals surface area (Å²) in [5.74, 6) is -2.54. The van der Waals surface area contributed by atoms with E-state index >= 15 is 0 Å². The fourth-order valence-corrected chi connectivity index (χ4v) is 5.95. The van der Waals surface area contributed by atoms with Crippen molar-refractivity contribution in [3.63, 3.8) is 0 Å². The number of benzene rings is 2. The SMILES string of the molecule is CC(=O)NOCCCN1C[C@H](C(=O)c2cccc(O)c2)[C@@H](c2cccc(F)c2C)[C@@H](C(=O)N2CCCCC2)C1. The maximum atomic E-state index is 14.8. The fraction of sp³-hybridized carbons (Fsp3) is 0.500. The maximum Gasteiger partial charge on any atom is 0.240 e. The second-order valence-electron chi connectivity index (χ2n) is 10.6. The summed E-state index contributed by atoms with van der Waals surface area (Å²) in [6, 6.07) is 11.1. The smallest absolute Gasteiger partial charge is 0.240 e. The van der Waals surface area contributed by atoms with E-state index in [4.69, 9.17) is 4.84 Å². The Morgan fingerprint density at radius 3 is 2.49 bits per heavy atom. The Labute approximate surface area is 229 Å². The van der Waals surface area contributed by atoms with Crippen LogP contribution >= 0.6 is 0 Å². The Morgan fingerprint density at radius 2 is 1.77 bits per heavy atom. The van der Waals surface area contributed by atoms with Crippen LogP contribution in [-0.2, 0) is 14.4 Å². The van der Waals surface area contributed by atoms with Gasteiger partial charge >= 0.3 is 0 Å². The quantitative estimate of drug-likeness (QED) is 0.286. The van der Waals surface area contributed by atoms with Crippen LogP contribution in [0.3, 0.4) is 0 Å². The Hall–Kier alpha value is -3.30. The first-order valence-corrected chi connectivity index (χ1v) is 13.7. The normalized spacial score (nSPS) is 21.9. The molecule has 0 saturated carbocycles. The van der Waals surface area contributed by atoms with Gasteiger partial charge in [0.15, 0.2) is 5.78 Å². The largest absolute Gasteiger partial charge is 0.508 e. The number of carbonyl (C=O) groups is 3. The second kappa shape index (κ2) is 13.2. The molecule has 2 aliphatic heterocycles. The molecule has 2 saturated heterocycles. The van der Waals surface area contributed by atoms with E-state index in [2.05, 4.69) is 10.4 Å². The van der Waals surface area contributed by atoms with Crippen LogP contribution in [0.1, 0.15) is 60.0 Å². The topological polar surface area (TPSA) is 99.2 Å². The van der Waals surface area contributed by atoms with Crippen molar-refractivity contribution in [2.24, 2.45) is 11.8 Å². The number of aromatic hydroxyl groups is 1. The third-order valence-corrected chi connectivity index (χ3v) is 7.83. The highest BCUT2D eigenvalue weighted by Crippen LogP contribution is 2.42. The molecule has 0 radical (unpaired) electrons. The zero-order valence-electron chi connectivity index (χ0n) is 22.7. The number of amides is 2. The standard InChI is InChI=1S/C30H38FN3O5/c1-20-24(11-7-12-27(20)31)28-25(29(37)22-9-6-10-23(36)17-22)18-33(13-8-16-39-32-21(2)35)19-26(28)30(38)34-14-4-3-5-15-34/h6-7,9-12,17,25-26,28,36H,3-5,8,13-16,18-19H2,1-2H3,(H,32,35)/t25-,26-,28+/m0/s1. The second-order valence-corrected chi connectivity index (χ2v) is 10.6. The number of hydrogen-bond donors (Lipinski definition) is 2. The molecule has 2 N–H and O–H groups in total. The summed E-state index contributed by atoms with van der Waals surface area (Å²) in [6.07, 6.45) is 3.55. The highest BCUT2D eigenvalue weighted by atomic mass is 19.1. The van der Waals surface area contributed by atoms with Gasteiger partial charge in [0.1, 0.15) is 11.6 Å². The minimum absolute atomic E-state index is 0.00346. The van der Waals surface area contributed by atoms with Crippen molar-refractivity contribution >= 4 is 17.6 Å². The molecular formula is C30H38FN3O5. The number of hydrogen-bond acceptors (Lipinski definition) is 6. The summed E-state index contributed by atoms with van der Waals surface area (Å²) >= 11 is 0. The van der Waals surface area contributed by atoms with Gasteiger partial charge in [-0.05, 0) is 61.9 Å². The fourth-order valence-electron chi connectivity index (χ4n) is 5.95. The van der Waals surface area contributed by atoms with Gasteiger partial charge in [-0.3, -0.25) is 19.2 Å². The summed E-state index contributed by atoms with van der Waals surface area (Å²) in [7, 11) is 0. The third-order valence-electron chi connectivity index (χ3n) is 7.83. The molecule has 2 aromatic rings. The number of halogens is 1. The van der Waals surface area contributed by atoms with Gasteiger partial charge in [0.2, 0.25) is 11.8 Å². The number of ketones is 1. The van der Waals surface area contributed by atoms with Crippen LogP contribution in [0.15, 0.2) is 42.5 Å². The number of rotatable bonds is 9. The number of phenolic OH excluding ortho intramolecular Hbond substituents is 1. The molecule has 210 valence electrons. The summed E-state index contributed by atoms with van der Waals surface area (Å²) in [5, 5.41) is 10.1. The number of carbonyl (C=O) groups excluding carboxylic acids is 3. The highest BCUT2D eigenvalue weighted by molar-refractivity contribution is 5.99. The molecule has 0 unspecified atom stereocenters. The summed E-state index contributed by atoms with van der Waals surface area (Å²) in [4.78, 5) is 48.4. The molecule has 0 aromatic heterocycles. The number of phenols is 1. The summed E-state index contributed by atoms with van der Waals surface area (Å²) in [5.41, 5.74) is 3.80. The Balaban J connectivity index is 1.70. The van der Waals surface area contributed by atoms with Crippen LogP contribution in [0.5, 0.6) is 5.75 Å². The lowest BCUT2D eigenvalue weighted by molar-refractivity contribution is -0.140. The molecule has 8 nitrogen and oxygen atoms in total. The lowest BCUT2D eigenvalue weighted by Crippen LogP contribution is -2.54. The predicted octanol–water partition coefficient (Wildman–Crippen LogP) is 3.82. The number of nitrogens with zero attached hydrogens (tertiary/aromatic N) is 2. The first kappa shape index (κ1) is 28.7. The Bertz CT molecular complexity index is 1180. The van der Waals surface area contributed by atoms with E-state index in [1.165, 1.54) is 25.1 Å². The van der Waals surface area contributed by atoms with Crippen molar-refractivity contribution < 1.29 is 28.7 Å². The van der Waals surface area contributed by atoms with E-state index < -0.39 is 17.8 Å². The van der Waals surface area contributed by atoms with Crippen molar-refractivity contribution in [3.05, 3.63) is 65.0 Å². The number of hydroxylamine groups is 1. The van der Waals surface area contributed by atoms with Gasteiger partial charge in [-0.15, -0.1) is 0 Å². The molecule has 2 heterocycles. The minimum atomic E-state index is -0.629. The van der Waals surface area contributed by atoms with Crippen LogP contribution in [0, 0.1) is 24.6 Å². The number of likely N-dealkylation sites (tertiary alicyclic amines) is 2. The van der Waals surface area contributed by atoms with Gasteiger partial charge in [0.05, 0.1) is 12.5 Å². The molecule has 2 aromatic carbocycles. The van der Waals surface area contributed by atoms with Crippen molar-refractivity contribution in [1.82, 2.24) is 15.3 Å². The molecule has 0 aliphatic carbocycles. The predicted molar refractivity (Wildman–Crippen MR) is 145 cm³/mol. The van der Waals surface area contributed by atoms with Gasteiger partial charge in [0.25, 0.3) is 0 Å². The van der Waals surface area contributed by atoms with E-state index in [1.807, 2.05) is 11.0 Å². The first-order valence-electron chi connectivity index (χ1n) is 13.7. The average Bonchev–Trinajstić information content (AvgIpc) is 2.93. The van der Waals surface area contributed by atoms with Gasteiger partial charge in [-0.1, -0.05) is 24.3 Å². The van der Waals surface area contributed by atoms with E-state index in [9.17, 15) is 23.9 Å². The van der Waals surface area contributed by atoms with Gasteiger partial charge in [0, 0.05) is 57.0 Å². The molecule has 9 heteroatoms. The molecule has 0 spiro atoms. The molecule has 3 atom stereocenters. The Morgan fingerprint density at radius 1 is 1.05 bits per heavy atom. The molecule has 2 fully saturated rings. The highest BCUT2D eigenvalue weighted by Gasteiger charge is 2.46. The number of Topliss-reactive ketones (excluding diaryl/α,β-unsaturated/α-hetero) is 1. The summed E-state index contributed by atoms with van der Waals surface area (Å²) in [6.45, 7) is 6.08. The van der Waals surface area contributed by atoms with E-state index in [0.29, 0.717) is 62.4 Å². The monoisotopic (exact) mass is 539 g/mol. The van der Waals surface area contributed by atoms with E-state index in [1.54, 1.807) is 25.1 Å². The zero-order chi connectivity index (χ0) is 27.9. The third kappa shape index (κ3) is 7.02. The summed E-state index contributed by atoms with van der Waals surface area (Å²) < 4.78 is 14.8. The van der Waals surface area contributed by atoms with Gasteiger partial charge in [-0.2, -0.15) is 0 Å². The van der Waals surface area contributed by atoms with Crippen LogP contribution < -0.4 is 5.48 Å². The molecular weight excluding hydrogens is 501 g/mol. The Kier molecular flexibility index (Phi) is 9.69. The van der Waals surface area contributed by atoms with Crippen molar-refractivity contribution in [1.29, 1.82) is 0 Å². The van der Waals surface area contributed by atoms with Crippen molar-refractivity contribution in [2.75, 3.05) is 39.3 Å². The van der Waals surface area contributed by atoms with E-state index in [0.717, 1.165) is 19.3 Å². The van der Waals surface area contributed by atoms with E-state index in [-0.39, 0.29) is 29.2 Å². The van der Waals surface area contributed by atoms with Gasteiger partial charge in [-0.25, -0.2) is 9.87 Å².